The van der Waals surface area contributed by atoms with Crippen LogP contribution in [0.5, 0.6) is 0 Å². The maximum Gasteiger partial charge on any atom is 0.335 e. The van der Waals surface area contributed by atoms with Crippen LogP contribution in [0.3, 0.4) is 0 Å². The molecule has 1 N–H and O–H groups in total. The highest BCUT2D eigenvalue weighted by Gasteiger charge is 2.09. The minimum Gasteiger partial charge on any atom is -0.478 e. The Labute approximate surface area is 103 Å². The Balaban J connectivity index is 2.71. The molecule has 0 aliphatic heterocycles. The average Bonchev–Trinajstić information content (AvgIpc) is 2.26. The van der Waals surface area contributed by atoms with Gasteiger partial charge < -0.3 is 9.84 Å². The van der Waals surface area contributed by atoms with Gasteiger partial charge >= 0.3 is 11.9 Å². The highest BCUT2D eigenvalue weighted by Crippen LogP contribution is 2.18. The number of carbonyl (C=O) groups is 2. The third-order valence-electron chi connectivity index (χ3n) is 1.82. The minimum absolute atomic E-state index is 0.128. The summed E-state index contributed by atoms with van der Waals surface area (Å²) < 4.78 is 4.77. The van der Waals surface area contributed by atoms with Crippen molar-refractivity contribution in [1.29, 1.82) is 0 Å². The summed E-state index contributed by atoms with van der Waals surface area (Å²) in [5.74, 6) is -1.21. The molecular formula is C11H13NO4S. The number of aryl methyl sites for hydroxylation is 1. The van der Waals surface area contributed by atoms with Gasteiger partial charge in [-0.1, -0.05) is 11.8 Å². The second kappa shape index (κ2) is 6.24. The summed E-state index contributed by atoms with van der Waals surface area (Å²) in [6, 6.07) is 2.93. The third kappa shape index (κ3) is 4.44. The highest BCUT2D eigenvalue weighted by molar-refractivity contribution is 7.99. The molecule has 6 heteroatoms. The molecule has 0 aliphatic rings. The van der Waals surface area contributed by atoms with Gasteiger partial charge in [0.25, 0.3) is 0 Å². The van der Waals surface area contributed by atoms with E-state index >= 15 is 0 Å². The molecule has 0 atom stereocenters. The Morgan fingerprint density at radius 2 is 2.18 bits per heavy atom. The van der Waals surface area contributed by atoms with Crippen molar-refractivity contribution in [2.45, 2.75) is 18.9 Å². The van der Waals surface area contributed by atoms with Gasteiger partial charge in [-0.25, -0.2) is 9.78 Å². The van der Waals surface area contributed by atoms with Crippen LogP contribution in [0.15, 0.2) is 17.2 Å². The Morgan fingerprint density at radius 1 is 1.47 bits per heavy atom. The van der Waals surface area contributed by atoms with Crippen LogP contribution < -0.4 is 0 Å². The predicted octanol–water partition coefficient (Wildman–Crippen LogP) is 1.74. The van der Waals surface area contributed by atoms with Crippen LogP contribution in [0.1, 0.15) is 23.0 Å². The molecule has 0 radical (unpaired) electrons. The van der Waals surface area contributed by atoms with Gasteiger partial charge in [-0.3, -0.25) is 4.79 Å². The highest BCUT2D eigenvalue weighted by atomic mass is 32.2. The van der Waals surface area contributed by atoms with Crippen LogP contribution in [-0.4, -0.2) is 34.4 Å². The van der Waals surface area contributed by atoms with E-state index in [1.165, 1.54) is 23.9 Å². The average molecular weight is 255 g/mol. The Kier molecular flexibility index (Phi) is 4.96. The molecule has 92 valence electrons. The Morgan fingerprint density at radius 3 is 2.76 bits per heavy atom. The lowest BCUT2D eigenvalue weighted by atomic mass is 10.2. The van der Waals surface area contributed by atoms with Crippen molar-refractivity contribution in [1.82, 2.24) is 4.98 Å². The van der Waals surface area contributed by atoms with E-state index in [-0.39, 0.29) is 17.3 Å². The molecule has 17 heavy (non-hydrogen) atoms. The number of esters is 1. The summed E-state index contributed by atoms with van der Waals surface area (Å²) in [5, 5.41) is 9.38. The third-order valence-corrected chi connectivity index (χ3v) is 2.71. The second-order valence-electron chi connectivity index (χ2n) is 3.23. The Bertz CT molecular complexity index is 433. The lowest BCUT2D eigenvalue weighted by Gasteiger charge is -2.04. The quantitative estimate of drug-likeness (QED) is 0.638. The second-order valence-corrected chi connectivity index (χ2v) is 4.23. The van der Waals surface area contributed by atoms with E-state index in [4.69, 9.17) is 9.84 Å². The number of pyridine rings is 1. The van der Waals surface area contributed by atoms with E-state index in [9.17, 15) is 9.59 Å². The summed E-state index contributed by atoms with van der Waals surface area (Å²) in [5.41, 5.74) is 0.778. The molecule has 0 bridgehead atoms. The van der Waals surface area contributed by atoms with E-state index in [0.29, 0.717) is 17.3 Å². The van der Waals surface area contributed by atoms with Crippen molar-refractivity contribution in [3.63, 3.8) is 0 Å². The van der Waals surface area contributed by atoms with Crippen molar-refractivity contribution < 1.29 is 19.4 Å². The zero-order chi connectivity index (χ0) is 12.8. The molecule has 1 aromatic heterocycles. The maximum atomic E-state index is 11.1. The van der Waals surface area contributed by atoms with Crippen molar-refractivity contribution in [3.05, 3.63) is 23.4 Å². The Hall–Kier alpha value is -1.56. The van der Waals surface area contributed by atoms with Gasteiger partial charge in [0.2, 0.25) is 0 Å². The van der Waals surface area contributed by atoms with Crippen molar-refractivity contribution in [3.8, 4) is 0 Å². The number of hydrogen-bond acceptors (Lipinski definition) is 5. The summed E-state index contributed by atoms with van der Waals surface area (Å²) in [7, 11) is 0. The lowest BCUT2D eigenvalue weighted by molar-refractivity contribution is -0.139. The molecule has 0 unspecified atom stereocenters. The maximum absolute atomic E-state index is 11.1. The van der Waals surface area contributed by atoms with E-state index < -0.39 is 5.97 Å². The van der Waals surface area contributed by atoms with E-state index in [2.05, 4.69) is 4.98 Å². The fraction of sp³-hybridized carbons (Fsp3) is 0.364. The van der Waals surface area contributed by atoms with Crippen LogP contribution in [0.4, 0.5) is 0 Å². The number of nitrogens with zero attached hydrogens (tertiary/aromatic N) is 1. The normalized spacial score (nSPS) is 10.0. The number of hydrogen-bond donors (Lipinski definition) is 1. The number of rotatable bonds is 5. The molecule has 0 aromatic carbocycles. The first-order valence-corrected chi connectivity index (χ1v) is 6.02. The molecule has 0 aliphatic carbocycles. The number of thioether (sulfide) groups is 1. The van der Waals surface area contributed by atoms with Gasteiger partial charge in [0.1, 0.15) is 0 Å². The first-order chi connectivity index (χ1) is 8.02. The smallest absolute Gasteiger partial charge is 0.335 e. The number of carbonyl (C=O) groups excluding carboxylic acids is 1. The van der Waals surface area contributed by atoms with Crippen LogP contribution >= 0.6 is 11.8 Å². The number of aromatic nitrogens is 1. The number of ether oxygens (including phenoxy) is 1. The van der Waals surface area contributed by atoms with E-state index in [0.717, 1.165) is 0 Å². The molecule has 5 nitrogen and oxygen atoms in total. The van der Waals surface area contributed by atoms with E-state index in [1.807, 2.05) is 0 Å². The van der Waals surface area contributed by atoms with Crippen molar-refractivity contribution in [2.75, 3.05) is 12.4 Å². The summed E-state index contributed by atoms with van der Waals surface area (Å²) in [6.07, 6.45) is 0. The zero-order valence-corrected chi connectivity index (χ0v) is 10.4. The lowest BCUT2D eigenvalue weighted by Crippen LogP contribution is -2.07. The molecule has 0 spiro atoms. The predicted molar refractivity (Wildman–Crippen MR) is 63.3 cm³/mol. The van der Waals surface area contributed by atoms with Crippen LogP contribution in [0.25, 0.3) is 0 Å². The molecular weight excluding hydrogens is 242 g/mol. The van der Waals surface area contributed by atoms with Gasteiger partial charge in [0.05, 0.1) is 22.9 Å². The molecule has 0 amide bonds. The fourth-order valence-electron chi connectivity index (χ4n) is 1.17. The molecule has 1 aromatic rings. The summed E-state index contributed by atoms with van der Waals surface area (Å²) >= 11 is 1.17. The molecule has 0 fully saturated rings. The zero-order valence-electron chi connectivity index (χ0n) is 9.60. The first-order valence-electron chi connectivity index (χ1n) is 5.03. The van der Waals surface area contributed by atoms with E-state index in [1.54, 1.807) is 13.8 Å². The minimum atomic E-state index is -1.01. The van der Waals surface area contributed by atoms with Crippen LogP contribution in [0, 0.1) is 6.92 Å². The van der Waals surface area contributed by atoms with Gasteiger partial charge in [0.15, 0.2) is 0 Å². The standard InChI is InChI=1S/C11H13NO4S/c1-3-16-10(13)6-17-9-5-8(11(14)15)4-7(2)12-9/h4-5H,3,6H2,1-2H3,(H,14,15). The molecule has 0 saturated heterocycles. The number of carboxylic acid groups (broad SMARTS) is 1. The molecule has 0 saturated carbocycles. The summed E-state index contributed by atoms with van der Waals surface area (Å²) in [4.78, 5) is 26.1. The van der Waals surface area contributed by atoms with Gasteiger partial charge in [-0.2, -0.15) is 0 Å². The molecule has 1 heterocycles. The largest absolute Gasteiger partial charge is 0.478 e. The van der Waals surface area contributed by atoms with Crippen molar-refractivity contribution in [2.24, 2.45) is 0 Å². The van der Waals surface area contributed by atoms with Crippen LogP contribution in [-0.2, 0) is 9.53 Å². The SMILES string of the molecule is CCOC(=O)CSc1cc(C(=O)O)cc(C)n1. The summed E-state index contributed by atoms with van der Waals surface area (Å²) in [6.45, 7) is 3.78. The monoisotopic (exact) mass is 255 g/mol. The van der Waals surface area contributed by atoms with Gasteiger partial charge in [-0.15, -0.1) is 0 Å². The van der Waals surface area contributed by atoms with Crippen LogP contribution in [0.2, 0.25) is 0 Å². The number of carboxylic acids is 1. The fourth-order valence-corrected chi connectivity index (χ4v) is 1.94. The van der Waals surface area contributed by atoms with Crippen molar-refractivity contribution >= 4 is 23.7 Å². The van der Waals surface area contributed by atoms with Gasteiger partial charge in [-0.05, 0) is 26.0 Å². The van der Waals surface area contributed by atoms with Gasteiger partial charge in [0, 0.05) is 5.69 Å². The molecule has 1 rings (SSSR count). The topological polar surface area (TPSA) is 76.5 Å². The first kappa shape index (κ1) is 13.5. The number of aromatic carboxylic acids is 1.